The van der Waals surface area contributed by atoms with Crippen molar-refractivity contribution in [2.24, 2.45) is 11.8 Å². The molecule has 0 saturated heterocycles. The van der Waals surface area contributed by atoms with Crippen LogP contribution in [0.1, 0.15) is 12.8 Å². The predicted octanol–water partition coefficient (Wildman–Crippen LogP) is 1.76. The van der Waals surface area contributed by atoms with E-state index >= 15 is 0 Å². The molecule has 3 nitrogen and oxygen atoms in total. The standard InChI is InChI=1S/C10H14N2O/c11-12-9-3-5-10(6-4-9)13-7-8-1-2-8/h3-6,8,12H,1-2,7,11H2. The van der Waals surface area contributed by atoms with Crippen LogP contribution in [0.2, 0.25) is 0 Å². The second kappa shape index (κ2) is 3.66. The van der Waals surface area contributed by atoms with E-state index in [2.05, 4.69) is 5.43 Å². The van der Waals surface area contributed by atoms with Crippen LogP contribution in [0, 0.1) is 5.92 Å². The van der Waals surface area contributed by atoms with Crippen molar-refractivity contribution < 1.29 is 4.74 Å². The number of hydrogen-bond acceptors (Lipinski definition) is 3. The van der Waals surface area contributed by atoms with Crippen LogP contribution < -0.4 is 16.0 Å². The van der Waals surface area contributed by atoms with Gasteiger partial charge in [0.15, 0.2) is 0 Å². The molecule has 0 aromatic heterocycles. The Balaban J connectivity index is 1.88. The van der Waals surface area contributed by atoms with Crippen LogP contribution in [-0.4, -0.2) is 6.61 Å². The van der Waals surface area contributed by atoms with E-state index in [0.29, 0.717) is 0 Å². The summed E-state index contributed by atoms with van der Waals surface area (Å²) < 4.78 is 5.56. The fourth-order valence-electron chi connectivity index (χ4n) is 1.15. The van der Waals surface area contributed by atoms with Crippen LogP contribution >= 0.6 is 0 Å². The molecule has 0 bridgehead atoms. The molecule has 0 amide bonds. The molecular weight excluding hydrogens is 164 g/mol. The fourth-order valence-corrected chi connectivity index (χ4v) is 1.15. The number of hydrazine groups is 1. The number of nitrogens with two attached hydrogens (primary N) is 1. The zero-order valence-corrected chi connectivity index (χ0v) is 7.49. The van der Waals surface area contributed by atoms with Crippen molar-refractivity contribution in [3.63, 3.8) is 0 Å². The highest BCUT2D eigenvalue weighted by molar-refractivity contribution is 5.45. The Morgan fingerprint density at radius 2 is 2.00 bits per heavy atom. The third-order valence-electron chi connectivity index (χ3n) is 2.20. The number of nitrogen functional groups attached to an aromatic ring is 1. The largest absolute Gasteiger partial charge is 0.493 e. The third kappa shape index (κ3) is 2.36. The molecule has 0 unspecified atom stereocenters. The summed E-state index contributed by atoms with van der Waals surface area (Å²) in [4.78, 5) is 0. The van der Waals surface area contributed by atoms with Gasteiger partial charge < -0.3 is 10.2 Å². The molecule has 70 valence electrons. The highest BCUT2D eigenvalue weighted by Gasteiger charge is 2.21. The van der Waals surface area contributed by atoms with E-state index in [0.717, 1.165) is 24.0 Å². The van der Waals surface area contributed by atoms with E-state index < -0.39 is 0 Å². The minimum atomic E-state index is 0.798. The maximum absolute atomic E-state index is 5.56. The van der Waals surface area contributed by atoms with E-state index in [1.807, 2.05) is 24.3 Å². The second-order valence-corrected chi connectivity index (χ2v) is 3.42. The summed E-state index contributed by atoms with van der Waals surface area (Å²) in [5.41, 5.74) is 3.48. The summed E-state index contributed by atoms with van der Waals surface area (Å²) in [5.74, 6) is 6.96. The molecule has 3 N–H and O–H groups in total. The molecule has 0 radical (unpaired) electrons. The lowest BCUT2D eigenvalue weighted by Gasteiger charge is -2.05. The fraction of sp³-hybridized carbons (Fsp3) is 0.400. The van der Waals surface area contributed by atoms with Gasteiger partial charge in [0.1, 0.15) is 5.75 Å². The first-order valence-electron chi connectivity index (χ1n) is 4.58. The lowest BCUT2D eigenvalue weighted by Crippen LogP contribution is -2.06. The van der Waals surface area contributed by atoms with Gasteiger partial charge in [0, 0.05) is 5.69 Å². The van der Waals surface area contributed by atoms with Crippen molar-refractivity contribution in [2.45, 2.75) is 12.8 Å². The molecule has 0 aliphatic heterocycles. The van der Waals surface area contributed by atoms with E-state index in [-0.39, 0.29) is 0 Å². The van der Waals surface area contributed by atoms with Crippen molar-refractivity contribution in [2.75, 3.05) is 12.0 Å². The van der Waals surface area contributed by atoms with Crippen LogP contribution in [0.5, 0.6) is 5.75 Å². The Hall–Kier alpha value is -1.22. The number of nitrogens with one attached hydrogen (secondary N) is 1. The van der Waals surface area contributed by atoms with Gasteiger partial charge in [-0.3, -0.25) is 5.84 Å². The van der Waals surface area contributed by atoms with Crippen molar-refractivity contribution in [1.29, 1.82) is 0 Å². The summed E-state index contributed by atoms with van der Waals surface area (Å²) >= 11 is 0. The van der Waals surface area contributed by atoms with Gasteiger partial charge in [0.2, 0.25) is 0 Å². The Kier molecular flexibility index (Phi) is 2.36. The smallest absolute Gasteiger partial charge is 0.119 e. The van der Waals surface area contributed by atoms with Crippen LogP contribution in [0.3, 0.4) is 0 Å². The average molecular weight is 178 g/mol. The normalized spacial score (nSPS) is 15.5. The van der Waals surface area contributed by atoms with Gasteiger partial charge in [0.25, 0.3) is 0 Å². The summed E-state index contributed by atoms with van der Waals surface area (Å²) in [6.45, 7) is 0.857. The summed E-state index contributed by atoms with van der Waals surface area (Å²) in [6.07, 6.45) is 2.64. The van der Waals surface area contributed by atoms with Gasteiger partial charge in [-0.05, 0) is 43.0 Å². The highest BCUT2D eigenvalue weighted by Crippen LogP contribution is 2.29. The molecule has 0 spiro atoms. The second-order valence-electron chi connectivity index (χ2n) is 3.42. The van der Waals surface area contributed by atoms with Gasteiger partial charge >= 0.3 is 0 Å². The molecule has 1 aromatic carbocycles. The van der Waals surface area contributed by atoms with Crippen molar-refractivity contribution in [3.8, 4) is 5.75 Å². The summed E-state index contributed by atoms with van der Waals surface area (Å²) in [7, 11) is 0. The molecule has 3 heteroatoms. The molecular formula is C10H14N2O. The van der Waals surface area contributed by atoms with E-state index in [9.17, 15) is 0 Å². The Bertz CT molecular complexity index is 267. The molecule has 1 saturated carbocycles. The lowest BCUT2D eigenvalue weighted by atomic mass is 10.3. The zero-order valence-electron chi connectivity index (χ0n) is 7.49. The minimum absolute atomic E-state index is 0.798. The number of benzene rings is 1. The van der Waals surface area contributed by atoms with Crippen LogP contribution in [0.15, 0.2) is 24.3 Å². The third-order valence-corrected chi connectivity index (χ3v) is 2.20. The summed E-state index contributed by atoms with van der Waals surface area (Å²) in [5, 5.41) is 0. The number of hydrogen-bond donors (Lipinski definition) is 2. The zero-order chi connectivity index (χ0) is 9.10. The molecule has 1 aromatic rings. The number of ether oxygens (including phenoxy) is 1. The highest BCUT2D eigenvalue weighted by atomic mass is 16.5. The quantitative estimate of drug-likeness (QED) is 0.545. The first-order valence-corrected chi connectivity index (χ1v) is 4.58. The van der Waals surface area contributed by atoms with Gasteiger partial charge in [-0.1, -0.05) is 0 Å². The maximum Gasteiger partial charge on any atom is 0.119 e. The van der Waals surface area contributed by atoms with Crippen molar-refractivity contribution in [1.82, 2.24) is 0 Å². The molecule has 0 atom stereocenters. The SMILES string of the molecule is NNc1ccc(OCC2CC2)cc1. The van der Waals surface area contributed by atoms with Gasteiger partial charge in [-0.15, -0.1) is 0 Å². The van der Waals surface area contributed by atoms with E-state index in [1.54, 1.807) is 0 Å². The first-order chi connectivity index (χ1) is 6.38. The van der Waals surface area contributed by atoms with Crippen LogP contribution in [-0.2, 0) is 0 Å². The average Bonchev–Trinajstić information content (AvgIpc) is 2.99. The lowest BCUT2D eigenvalue weighted by molar-refractivity contribution is 0.300. The number of rotatable bonds is 4. The van der Waals surface area contributed by atoms with Gasteiger partial charge in [-0.25, -0.2) is 0 Å². The van der Waals surface area contributed by atoms with Gasteiger partial charge in [0.05, 0.1) is 6.61 Å². The molecule has 1 aliphatic rings. The molecule has 2 rings (SSSR count). The number of anilines is 1. The summed E-state index contributed by atoms with van der Waals surface area (Å²) in [6, 6.07) is 7.67. The van der Waals surface area contributed by atoms with Crippen LogP contribution in [0.25, 0.3) is 0 Å². The Labute approximate surface area is 77.9 Å². The van der Waals surface area contributed by atoms with E-state index in [4.69, 9.17) is 10.6 Å². The molecule has 13 heavy (non-hydrogen) atoms. The maximum atomic E-state index is 5.56. The Morgan fingerprint density at radius 1 is 1.31 bits per heavy atom. The first kappa shape index (κ1) is 8.38. The van der Waals surface area contributed by atoms with Crippen molar-refractivity contribution in [3.05, 3.63) is 24.3 Å². The molecule has 0 heterocycles. The Morgan fingerprint density at radius 3 is 2.54 bits per heavy atom. The van der Waals surface area contributed by atoms with Gasteiger partial charge in [-0.2, -0.15) is 0 Å². The molecule has 1 aliphatic carbocycles. The predicted molar refractivity (Wildman–Crippen MR) is 52.5 cm³/mol. The van der Waals surface area contributed by atoms with Crippen LogP contribution in [0.4, 0.5) is 5.69 Å². The van der Waals surface area contributed by atoms with Crippen molar-refractivity contribution >= 4 is 5.69 Å². The monoisotopic (exact) mass is 178 g/mol. The molecule has 1 fully saturated rings. The minimum Gasteiger partial charge on any atom is -0.493 e. The topological polar surface area (TPSA) is 47.3 Å². The van der Waals surface area contributed by atoms with E-state index in [1.165, 1.54) is 12.8 Å².